The van der Waals surface area contributed by atoms with Crippen LogP contribution in [-0.4, -0.2) is 17.3 Å². The smallest absolute Gasteiger partial charge is 0.312 e. The van der Waals surface area contributed by atoms with Crippen molar-refractivity contribution in [2.24, 2.45) is 5.92 Å². The summed E-state index contributed by atoms with van der Waals surface area (Å²) in [7, 11) is 0. The first-order valence-electron chi connectivity index (χ1n) is 5.36. The lowest BCUT2D eigenvalue weighted by atomic mass is 10.1. The van der Waals surface area contributed by atoms with E-state index >= 15 is 0 Å². The van der Waals surface area contributed by atoms with Crippen LogP contribution in [0.4, 0.5) is 5.69 Å². The summed E-state index contributed by atoms with van der Waals surface area (Å²) >= 11 is 15.8. The van der Waals surface area contributed by atoms with Crippen LogP contribution in [0.1, 0.15) is 13.3 Å². The molecule has 0 spiro atoms. The minimum atomic E-state index is -0.542. The number of nitro benzene ring substituents is 1. The molecule has 0 aliphatic rings. The average molecular weight is 310 g/mol. The summed E-state index contributed by atoms with van der Waals surface area (Å²) in [6.45, 7) is 2.37. The minimum absolute atomic E-state index is 0.134. The van der Waals surface area contributed by atoms with Gasteiger partial charge in [-0.25, -0.2) is 0 Å². The van der Waals surface area contributed by atoms with Crippen molar-refractivity contribution in [2.75, 3.05) is 12.4 Å². The predicted octanol–water partition coefficient (Wildman–Crippen LogP) is 4.24. The van der Waals surface area contributed by atoms with Crippen molar-refractivity contribution in [2.45, 2.75) is 13.3 Å². The van der Waals surface area contributed by atoms with E-state index in [1.165, 1.54) is 12.1 Å². The van der Waals surface area contributed by atoms with Crippen molar-refractivity contribution >= 4 is 41.5 Å². The second-order valence-corrected chi connectivity index (χ2v) is 4.94. The van der Waals surface area contributed by atoms with Crippen molar-refractivity contribution in [3.8, 4) is 5.75 Å². The maximum Gasteiger partial charge on any atom is 0.312 e. The number of thiol groups is 1. The number of rotatable bonds is 6. The summed E-state index contributed by atoms with van der Waals surface area (Å²) in [4.78, 5) is 10.3. The Kier molecular flexibility index (Phi) is 6.05. The van der Waals surface area contributed by atoms with Crippen LogP contribution >= 0.6 is 35.8 Å². The van der Waals surface area contributed by atoms with Crippen molar-refractivity contribution in [3.05, 3.63) is 32.3 Å². The summed E-state index contributed by atoms with van der Waals surface area (Å²) < 4.78 is 5.44. The third-order valence-corrected chi connectivity index (χ3v) is 3.75. The minimum Gasteiger partial charge on any atom is -0.486 e. The van der Waals surface area contributed by atoms with Gasteiger partial charge >= 0.3 is 5.69 Å². The van der Waals surface area contributed by atoms with Gasteiger partial charge < -0.3 is 4.74 Å². The van der Waals surface area contributed by atoms with Gasteiger partial charge in [0.25, 0.3) is 0 Å². The quantitative estimate of drug-likeness (QED) is 0.486. The number of nitro groups is 1. The molecule has 100 valence electrons. The van der Waals surface area contributed by atoms with Gasteiger partial charge in [-0.1, -0.05) is 30.1 Å². The van der Waals surface area contributed by atoms with Gasteiger partial charge in [-0.2, -0.15) is 12.6 Å². The molecule has 0 N–H and O–H groups in total. The number of hydrogen-bond donors (Lipinski definition) is 1. The van der Waals surface area contributed by atoms with Crippen LogP contribution in [0.25, 0.3) is 0 Å². The average Bonchev–Trinajstić information content (AvgIpc) is 2.34. The Morgan fingerprint density at radius 2 is 2.06 bits per heavy atom. The second kappa shape index (κ2) is 7.07. The van der Waals surface area contributed by atoms with E-state index in [-0.39, 0.29) is 27.4 Å². The fraction of sp³-hybridized carbons (Fsp3) is 0.455. The van der Waals surface area contributed by atoms with E-state index in [2.05, 4.69) is 12.6 Å². The van der Waals surface area contributed by atoms with E-state index in [4.69, 9.17) is 27.9 Å². The molecule has 1 atom stereocenters. The highest BCUT2D eigenvalue weighted by Crippen LogP contribution is 2.35. The van der Waals surface area contributed by atoms with Crippen LogP contribution in [0, 0.1) is 16.0 Å². The van der Waals surface area contributed by atoms with Crippen LogP contribution in [0.3, 0.4) is 0 Å². The standard InChI is InChI=1S/C11H13Cl2NO3S/c1-2-7(6-18)5-17-11-4-9(13)8(12)3-10(11)14(15)16/h3-4,7,18H,2,5-6H2,1H3. The van der Waals surface area contributed by atoms with E-state index in [1.54, 1.807) is 0 Å². The zero-order valence-corrected chi connectivity index (χ0v) is 12.1. The molecule has 0 saturated carbocycles. The first-order chi connectivity index (χ1) is 8.49. The molecule has 0 saturated heterocycles. The van der Waals surface area contributed by atoms with Crippen molar-refractivity contribution in [3.63, 3.8) is 0 Å². The van der Waals surface area contributed by atoms with E-state index in [1.807, 2.05) is 6.92 Å². The van der Waals surface area contributed by atoms with Crippen LogP contribution in [0.2, 0.25) is 10.0 Å². The van der Waals surface area contributed by atoms with E-state index in [0.29, 0.717) is 12.4 Å². The molecule has 0 heterocycles. The highest BCUT2D eigenvalue weighted by Gasteiger charge is 2.19. The number of ether oxygens (including phenoxy) is 1. The fourth-order valence-corrected chi connectivity index (χ4v) is 1.96. The lowest BCUT2D eigenvalue weighted by Gasteiger charge is -2.13. The number of benzene rings is 1. The Labute approximate surface area is 121 Å². The van der Waals surface area contributed by atoms with E-state index < -0.39 is 4.92 Å². The zero-order chi connectivity index (χ0) is 13.7. The number of hydrogen-bond acceptors (Lipinski definition) is 4. The summed E-state index contributed by atoms with van der Waals surface area (Å²) in [6, 6.07) is 2.56. The normalized spacial score (nSPS) is 12.2. The molecule has 0 radical (unpaired) electrons. The molecule has 0 fully saturated rings. The Bertz CT molecular complexity index is 439. The van der Waals surface area contributed by atoms with Gasteiger partial charge in [-0.3, -0.25) is 10.1 Å². The van der Waals surface area contributed by atoms with Gasteiger partial charge in [-0.15, -0.1) is 0 Å². The van der Waals surface area contributed by atoms with E-state index in [9.17, 15) is 10.1 Å². The van der Waals surface area contributed by atoms with Crippen LogP contribution in [-0.2, 0) is 0 Å². The van der Waals surface area contributed by atoms with Gasteiger partial charge in [-0.05, 0) is 12.2 Å². The maximum atomic E-state index is 10.9. The lowest BCUT2D eigenvalue weighted by molar-refractivity contribution is -0.385. The third-order valence-electron chi connectivity index (χ3n) is 2.51. The molecular formula is C11H13Cl2NO3S. The molecule has 7 heteroatoms. The van der Waals surface area contributed by atoms with Crippen LogP contribution < -0.4 is 4.74 Å². The molecule has 0 amide bonds. The first kappa shape index (κ1) is 15.4. The predicted molar refractivity (Wildman–Crippen MR) is 76.2 cm³/mol. The number of halogens is 2. The lowest BCUT2D eigenvalue weighted by Crippen LogP contribution is -2.13. The second-order valence-electron chi connectivity index (χ2n) is 3.76. The molecule has 1 aromatic rings. The van der Waals surface area contributed by atoms with Gasteiger partial charge in [0.1, 0.15) is 0 Å². The third kappa shape index (κ3) is 3.93. The Morgan fingerprint density at radius 3 is 2.56 bits per heavy atom. The fourth-order valence-electron chi connectivity index (χ4n) is 1.28. The van der Waals surface area contributed by atoms with Crippen LogP contribution in [0.5, 0.6) is 5.75 Å². The Morgan fingerprint density at radius 1 is 1.44 bits per heavy atom. The van der Waals surface area contributed by atoms with Crippen molar-refractivity contribution < 1.29 is 9.66 Å². The maximum absolute atomic E-state index is 10.9. The molecule has 18 heavy (non-hydrogen) atoms. The molecule has 1 aromatic carbocycles. The summed E-state index contributed by atoms with van der Waals surface area (Å²) in [5.41, 5.74) is -0.182. The van der Waals surface area contributed by atoms with Crippen molar-refractivity contribution in [1.29, 1.82) is 0 Å². The molecule has 0 aromatic heterocycles. The van der Waals surface area contributed by atoms with Gasteiger partial charge in [0.05, 0.1) is 21.6 Å². The summed E-state index contributed by atoms with van der Waals surface area (Å²) in [6.07, 6.45) is 0.888. The first-order valence-corrected chi connectivity index (χ1v) is 6.75. The molecular weight excluding hydrogens is 297 g/mol. The molecule has 0 aliphatic heterocycles. The highest BCUT2D eigenvalue weighted by molar-refractivity contribution is 7.80. The summed E-state index contributed by atoms with van der Waals surface area (Å²) in [5, 5.41) is 11.2. The van der Waals surface area contributed by atoms with Gasteiger partial charge in [0.15, 0.2) is 5.75 Å². The van der Waals surface area contributed by atoms with E-state index in [0.717, 1.165) is 6.42 Å². The SMILES string of the molecule is CCC(CS)COc1cc(Cl)c(Cl)cc1[N+](=O)[O-]. The summed E-state index contributed by atoms with van der Waals surface area (Å²) in [5.74, 6) is 1.03. The molecule has 4 nitrogen and oxygen atoms in total. The Hall–Kier alpha value is -0.650. The number of nitrogens with zero attached hydrogens (tertiary/aromatic N) is 1. The van der Waals surface area contributed by atoms with Crippen LogP contribution in [0.15, 0.2) is 12.1 Å². The highest BCUT2D eigenvalue weighted by atomic mass is 35.5. The largest absolute Gasteiger partial charge is 0.486 e. The molecule has 0 bridgehead atoms. The zero-order valence-electron chi connectivity index (χ0n) is 9.73. The molecule has 1 unspecified atom stereocenters. The van der Waals surface area contributed by atoms with Crippen molar-refractivity contribution in [1.82, 2.24) is 0 Å². The monoisotopic (exact) mass is 309 g/mol. The van der Waals surface area contributed by atoms with Gasteiger partial charge in [0, 0.05) is 18.1 Å². The van der Waals surface area contributed by atoms with Gasteiger partial charge in [0.2, 0.25) is 0 Å². The Balaban J connectivity index is 2.93. The molecule has 0 aliphatic carbocycles. The molecule has 1 rings (SSSR count). The topological polar surface area (TPSA) is 52.4 Å².